The lowest BCUT2D eigenvalue weighted by atomic mass is 10.1. The van der Waals surface area contributed by atoms with Crippen molar-refractivity contribution in [3.8, 4) is 17.4 Å². The van der Waals surface area contributed by atoms with E-state index in [0.717, 1.165) is 28.4 Å². The van der Waals surface area contributed by atoms with Crippen LogP contribution in [-0.2, 0) is 0 Å². The van der Waals surface area contributed by atoms with Gasteiger partial charge < -0.3 is 9.32 Å². The second-order valence-corrected chi connectivity index (χ2v) is 6.69. The van der Waals surface area contributed by atoms with E-state index in [0.29, 0.717) is 11.3 Å². The number of hydrogen-bond donors (Lipinski definition) is 0. The first kappa shape index (κ1) is 18.3. The first-order valence-electron chi connectivity index (χ1n) is 9.43. The van der Waals surface area contributed by atoms with Gasteiger partial charge in [0.05, 0.1) is 6.07 Å². The van der Waals surface area contributed by atoms with Gasteiger partial charge in [0.25, 0.3) is 0 Å². The Morgan fingerprint density at radius 1 is 0.759 bits per heavy atom. The first-order chi connectivity index (χ1) is 14.2. The van der Waals surface area contributed by atoms with Gasteiger partial charge in [-0.3, -0.25) is 0 Å². The number of nitriles is 1. The van der Waals surface area contributed by atoms with Crippen LogP contribution >= 0.6 is 0 Å². The summed E-state index contributed by atoms with van der Waals surface area (Å²) in [6, 6.07) is 34.8. The third-order valence-corrected chi connectivity index (χ3v) is 4.60. The summed E-state index contributed by atoms with van der Waals surface area (Å²) in [6.07, 6.45) is 1.74. The zero-order valence-corrected chi connectivity index (χ0v) is 16.1. The molecule has 0 aliphatic heterocycles. The Hall–Kier alpha value is -4.03. The van der Waals surface area contributed by atoms with Crippen LogP contribution in [0.3, 0.4) is 0 Å². The van der Waals surface area contributed by atoms with E-state index in [9.17, 15) is 0 Å². The molecule has 1 heterocycles. The van der Waals surface area contributed by atoms with E-state index in [1.807, 2.05) is 48.5 Å². The molecule has 0 aliphatic rings. The van der Waals surface area contributed by atoms with Crippen LogP contribution in [0.4, 0.5) is 17.1 Å². The fraction of sp³-hybridized carbons (Fsp3) is 0.0385. The highest BCUT2D eigenvalue weighted by molar-refractivity contribution is 5.77. The zero-order chi connectivity index (χ0) is 20.1. The molecule has 4 rings (SSSR count). The van der Waals surface area contributed by atoms with Gasteiger partial charge in [-0.05, 0) is 73.7 Å². The van der Waals surface area contributed by atoms with E-state index in [1.165, 1.54) is 0 Å². The normalized spacial score (nSPS) is 11.1. The van der Waals surface area contributed by atoms with Crippen LogP contribution in [0, 0.1) is 11.3 Å². The Morgan fingerprint density at radius 3 is 1.86 bits per heavy atom. The highest BCUT2D eigenvalue weighted by atomic mass is 16.3. The Bertz CT molecular complexity index is 1110. The Balaban J connectivity index is 1.68. The van der Waals surface area contributed by atoms with E-state index in [1.54, 1.807) is 13.0 Å². The molecule has 0 atom stereocenters. The van der Waals surface area contributed by atoms with Crippen LogP contribution in [0.15, 0.2) is 107 Å². The summed E-state index contributed by atoms with van der Waals surface area (Å²) < 4.78 is 5.87. The largest absolute Gasteiger partial charge is 0.457 e. The molecule has 0 N–H and O–H groups in total. The molecule has 3 heteroatoms. The predicted molar refractivity (Wildman–Crippen MR) is 118 cm³/mol. The number of para-hydroxylation sites is 2. The average Bonchev–Trinajstić information content (AvgIpc) is 3.24. The van der Waals surface area contributed by atoms with Crippen molar-refractivity contribution in [2.24, 2.45) is 0 Å². The van der Waals surface area contributed by atoms with Crippen LogP contribution in [0.5, 0.6) is 0 Å². The average molecular weight is 376 g/mol. The Labute approximate surface area is 170 Å². The number of nitrogens with zero attached hydrogens (tertiary/aromatic N) is 2. The maximum atomic E-state index is 8.93. The number of hydrogen-bond acceptors (Lipinski definition) is 3. The minimum Gasteiger partial charge on any atom is -0.457 e. The van der Waals surface area contributed by atoms with E-state index < -0.39 is 0 Å². The van der Waals surface area contributed by atoms with E-state index in [-0.39, 0.29) is 0 Å². The molecule has 0 unspecified atom stereocenters. The van der Waals surface area contributed by atoms with Gasteiger partial charge >= 0.3 is 0 Å². The van der Waals surface area contributed by atoms with Gasteiger partial charge in [0, 0.05) is 28.2 Å². The summed E-state index contributed by atoms with van der Waals surface area (Å²) in [5.74, 6) is 1.46. The van der Waals surface area contributed by atoms with Crippen LogP contribution in [0.1, 0.15) is 12.7 Å². The molecule has 3 nitrogen and oxygen atoms in total. The van der Waals surface area contributed by atoms with Crippen molar-refractivity contribution in [1.29, 1.82) is 5.26 Å². The van der Waals surface area contributed by atoms with Gasteiger partial charge in [0.1, 0.15) is 11.5 Å². The SMILES string of the molecule is C/C(C#N)=C/c1ccc(-c2ccc(N(c3ccccc3)c3ccccc3)cc2)o1. The molecule has 4 aromatic rings. The van der Waals surface area contributed by atoms with E-state index >= 15 is 0 Å². The molecule has 0 fully saturated rings. The Kier molecular flexibility index (Phi) is 5.27. The molecule has 29 heavy (non-hydrogen) atoms. The number of furan rings is 1. The van der Waals surface area contributed by atoms with Crippen molar-refractivity contribution in [3.05, 3.63) is 108 Å². The van der Waals surface area contributed by atoms with Gasteiger partial charge in [-0.15, -0.1) is 0 Å². The smallest absolute Gasteiger partial charge is 0.134 e. The molecule has 0 saturated carbocycles. The molecule has 3 aromatic carbocycles. The molecule has 0 spiro atoms. The van der Waals surface area contributed by atoms with Crippen LogP contribution in [-0.4, -0.2) is 0 Å². The molecule has 0 radical (unpaired) electrons. The maximum absolute atomic E-state index is 8.93. The van der Waals surface area contributed by atoms with Crippen LogP contribution in [0.25, 0.3) is 17.4 Å². The maximum Gasteiger partial charge on any atom is 0.134 e. The van der Waals surface area contributed by atoms with Crippen molar-refractivity contribution < 1.29 is 4.42 Å². The molecule has 0 aliphatic carbocycles. The number of anilines is 3. The summed E-state index contributed by atoms with van der Waals surface area (Å²) in [7, 11) is 0. The number of benzene rings is 3. The highest BCUT2D eigenvalue weighted by Crippen LogP contribution is 2.35. The monoisotopic (exact) mass is 376 g/mol. The van der Waals surface area contributed by atoms with Crippen LogP contribution < -0.4 is 4.90 Å². The van der Waals surface area contributed by atoms with Crippen molar-refractivity contribution >= 4 is 23.1 Å². The van der Waals surface area contributed by atoms with Crippen molar-refractivity contribution in [2.75, 3.05) is 4.90 Å². The van der Waals surface area contributed by atoms with E-state index in [4.69, 9.17) is 9.68 Å². The molecule has 140 valence electrons. The minimum absolute atomic E-state index is 0.614. The molecule has 0 amide bonds. The second kappa shape index (κ2) is 8.33. The third-order valence-electron chi connectivity index (χ3n) is 4.60. The van der Waals surface area contributed by atoms with Gasteiger partial charge in [-0.25, -0.2) is 0 Å². The topological polar surface area (TPSA) is 40.2 Å². The van der Waals surface area contributed by atoms with Crippen molar-refractivity contribution in [2.45, 2.75) is 6.92 Å². The van der Waals surface area contributed by atoms with Gasteiger partial charge in [0.15, 0.2) is 0 Å². The molecular weight excluding hydrogens is 356 g/mol. The summed E-state index contributed by atoms with van der Waals surface area (Å²) in [5.41, 5.74) is 4.87. The minimum atomic E-state index is 0.614. The fourth-order valence-electron chi connectivity index (χ4n) is 3.21. The summed E-state index contributed by atoms with van der Waals surface area (Å²) in [4.78, 5) is 2.22. The summed E-state index contributed by atoms with van der Waals surface area (Å²) in [5, 5.41) is 8.93. The standard InChI is InChI=1S/C26H20N2O/c1-20(19-27)18-25-16-17-26(29-25)21-12-14-24(15-13-21)28(22-8-4-2-5-9-22)23-10-6-3-7-11-23/h2-18H,1H3/b20-18-. The molecule has 0 saturated heterocycles. The molecule has 0 bridgehead atoms. The van der Waals surface area contributed by atoms with Gasteiger partial charge in [-0.1, -0.05) is 36.4 Å². The second-order valence-electron chi connectivity index (χ2n) is 6.69. The zero-order valence-electron chi connectivity index (χ0n) is 16.1. The van der Waals surface area contributed by atoms with Crippen LogP contribution in [0.2, 0.25) is 0 Å². The van der Waals surface area contributed by atoms with Gasteiger partial charge in [-0.2, -0.15) is 5.26 Å². The predicted octanol–water partition coefficient (Wildman–Crippen LogP) is 7.34. The molecular formula is C26H20N2O. The van der Waals surface area contributed by atoms with Crippen molar-refractivity contribution in [1.82, 2.24) is 0 Å². The number of rotatable bonds is 5. The fourth-order valence-corrected chi connectivity index (χ4v) is 3.21. The lowest BCUT2D eigenvalue weighted by molar-refractivity contribution is 0.571. The van der Waals surface area contributed by atoms with Crippen molar-refractivity contribution in [3.63, 3.8) is 0 Å². The third kappa shape index (κ3) is 4.12. The lowest BCUT2D eigenvalue weighted by Gasteiger charge is -2.25. The molecule has 1 aromatic heterocycles. The first-order valence-corrected chi connectivity index (χ1v) is 9.43. The lowest BCUT2D eigenvalue weighted by Crippen LogP contribution is -2.09. The van der Waals surface area contributed by atoms with E-state index in [2.05, 4.69) is 59.5 Å². The van der Waals surface area contributed by atoms with Gasteiger partial charge in [0.2, 0.25) is 0 Å². The highest BCUT2D eigenvalue weighted by Gasteiger charge is 2.12. The Morgan fingerprint density at radius 2 is 1.31 bits per heavy atom. The quantitative estimate of drug-likeness (QED) is 0.342. The number of allylic oxidation sites excluding steroid dienone is 1. The summed E-state index contributed by atoms with van der Waals surface area (Å²) >= 11 is 0. The summed E-state index contributed by atoms with van der Waals surface area (Å²) in [6.45, 7) is 1.76.